The second kappa shape index (κ2) is 6.04. The van der Waals surface area contributed by atoms with Gasteiger partial charge in [0, 0.05) is 13.2 Å². The second-order valence-corrected chi connectivity index (χ2v) is 5.37. The Morgan fingerprint density at radius 3 is 2.45 bits per heavy atom. The number of carbonyl (C=O) groups is 1. The summed E-state index contributed by atoms with van der Waals surface area (Å²) in [6, 6.07) is -0.787. The third kappa shape index (κ3) is 2.96. The minimum Gasteiger partial charge on any atom is -0.321 e. The van der Waals surface area contributed by atoms with E-state index in [1.807, 2.05) is 0 Å². The average Bonchev–Trinajstić information content (AvgIpc) is 2.90. The highest BCUT2D eigenvalue weighted by Gasteiger charge is 2.26. The van der Waals surface area contributed by atoms with Crippen molar-refractivity contribution in [3.05, 3.63) is 28.3 Å². The van der Waals surface area contributed by atoms with Gasteiger partial charge in [0.1, 0.15) is 11.7 Å². The van der Waals surface area contributed by atoms with Crippen molar-refractivity contribution in [2.45, 2.75) is 33.2 Å². The minimum absolute atomic E-state index is 0.118. The molecule has 0 fully saturated rings. The number of alkyl halides is 2. The largest absolute Gasteiger partial charge is 0.321 e. The van der Waals surface area contributed by atoms with Crippen LogP contribution >= 0.6 is 11.6 Å². The predicted octanol–water partition coefficient (Wildman–Crippen LogP) is 3.02. The third-order valence-corrected chi connectivity index (χ3v) is 3.79. The first-order valence-electron chi connectivity index (χ1n) is 6.56. The summed E-state index contributed by atoms with van der Waals surface area (Å²) in [5.74, 6) is -0.390. The van der Waals surface area contributed by atoms with Crippen LogP contribution in [-0.4, -0.2) is 25.5 Å². The first kappa shape index (κ1) is 16.4. The number of halogens is 3. The SMILES string of the molecule is Cc1nn(C)cc1NC(=O)[C@H](C)n1nc(C(F)F)c(Cl)c1C. The molecule has 120 valence electrons. The summed E-state index contributed by atoms with van der Waals surface area (Å²) in [6.07, 6.45) is -1.13. The van der Waals surface area contributed by atoms with Gasteiger partial charge in [-0.05, 0) is 20.8 Å². The molecule has 1 N–H and O–H groups in total. The van der Waals surface area contributed by atoms with Gasteiger partial charge in [-0.3, -0.25) is 14.2 Å². The van der Waals surface area contributed by atoms with Crippen LogP contribution in [0, 0.1) is 13.8 Å². The van der Waals surface area contributed by atoms with E-state index in [1.54, 1.807) is 38.7 Å². The summed E-state index contributed by atoms with van der Waals surface area (Å²) in [7, 11) is 1.73. The molecule has 0 aromatic carbocycles. The third-order valence-electron chi connectivity index (χ3n) is 3.33. The molecule has 22 heavy (non-hydrogen) atoms. The lowest BCUT2D eigenvalue weighted by Gasteiger charge is -2.14. The summed E-state index contributed by atoms with van der Waals surface area (Å²) in [4.78, 5) is 12.3. The summed E-state index contributed by atoms with van der Waals surface area (Å²) in [6.45, 7) is 4.86. The Morgan fingerprint density at radius 2 is 2.00 bits per heavy atom. The number of rotatable bonds is 4. The van der Waals surface area contributed by atoms with Crippen LogP contribution in [0.2, 0.25) is 5.02 Å². The van der Waals surface area contributed by atoms with Crippen LogP contribution in [0.15, 0.2) is 6.20 Å². The predicted molar refractivity (Wildman–Crippen MR) is 78.2 cm³/mol. The van der Waals surface area contributed by atoms with Crippen LogP contribution < -0.4 is 5.32 Å². The van der Waals surface area contributed by atoms with Crippen molar-refractivity contribution in [1.29, 1.82) is 0 Å². The van der Waals surface area contributed by atoms with Gasteiger partial charge >= 0.3 is 0 Å². The molecule has 1 amide bonds. The van der Waals surface area contributed by atoms with Crippen molar-refractivity contribution in [1.82, 2.24) is 19.6 Å². The Bertz CT molecular complexity index is 710. The van der Waals surface area contributed by atoms with Gasteiger partial charge in [0.05, 0.1) is 22.1 Å². The number of amides is 1. The van der Waals surface area contributed by atoms with Crippen molar-refractivity contribution < 1.29 is 13.6 Å². The number of carbonyl (C=O) groups excluding carboxylic acids is 1. The summed E-state index contributed by atoms with van der Waals surface area (Å²) >= 11 is 5.84. The van der Waals surface area contributed by atoms with Crippen LogP contribution in [-0.2, 0) is 11.8 Å². The lowest BCUT2D eigenvalue weighted by Crippen LogP contribution is -2.25. The van der Waals surface area contributed by atoms with Gasteiger partial charge in [-0.2, -0.15) is 10.2 Å². The van der Waals surface area contributed by atoms with E-state index in [0.29, 0.717) is 17.1 Å². The van der Waals surface area contributed by atoms with Crippen LogP contribution in [0.3, 0.4) is 0 Å². The maximum Gasteiger partial charge on any atom is 0.283 e. The number of aromatic nitrogens is 4. The van der Waals surface area contributed by atoms with Crippen molar-refractivity contribution in [2.24, 2.45) is 7.05 Å². The first-order chi connectivity index (χ1) is 10.2. The molecular weight excluding hydrogens is 316 g/mol. The molecule has 1 atom stereocenters. The highest BCUT2D eigenvalue weighted by Crippen LogP contribution is 2.30. The average molecular weight is 332 g/mol. The molecule has 2 heterocycles. The van der Waals surface area contributed by atoms with Crippen LogP contribution in [0.25, 0.3) is 0 Å². The topological polar surface area (TPSA) is 64.7 Å². The van der Waals surface area contributed by atoms with Gasteiger partial charge in [0.15, 0.2) is 0 Å². The Kier molecular flexibility index (Phi) is 4.50. The van der Waals surface area contributed by atoms with Gasteiger partial charge < -0.3 is 5.32 Å². The van der Waals surface area contributed by atoms with Gasteiger partial charge in [0.25, 0.3) is 6.43 Å². The summed E-state index contributed by atoms with van der Waals surface area (Å²) in [5, 5.41) is 10.4. The molecule has 0 saturated carbocycles. The van der Waals surface area contributed by atoms with Crippen molar-refractivity contribution in [3.8, 4) is 0 Å². The zero-order chi connectivity index (χ0) is 16.6. The number of hydrogen-bond donors (Lipinski definition) is 1. The Labute approximate surface area is 131 Å². The number of nitrogens with one attached hydrogen (secondary N) is 1. The zero-order valence-electron chi connectivity index (χ0n) is 12.6. The molecule has 2 rings (SSSR count). The van der Waals surface area contributed by atoms with Crippen LogP contribution in [0.5, 0.6) is 0 Å². The van der Waals surface area contributed by atoms with E-state index < -0.39 is 18.2 Å². The maximum atomic E-state index is 12.8. The van der Waals surface area contributed by atoms with Crippen molar-refractivity contribution >= 4 is 23.2 Å². The smallest absolute Gasteiger partial charge is 0.283 e. The number of nitrogens with zero attached hydrogens (tertiary/aromatic N) is 4. The molecule has 0 unspecified atom stereocenters. The highest BCUT2D eigenvalue weighted by atomic mass is 35.5. The second-order valence-electron chi connectivity index (χ2n) is 5.00. The monoisotopic (exact) mass is 331 g/mol. The minimum atomic E-state index is -2.79. The molecule has 0 aliphatic carbocycles. The Morgan fingerprint density at radius 1 is 1.36 bits per heavy atom. The molecule has 9 heteroatoms. The Balaban J connectivity index is 2.24. The highest BCUT2D eigenvalue weighted by molar-refractivity contribution is 6.31. The van der Waals surface area contributed by atoms with Crippen LogP contribution in [0.1, 0.15) is 36.5 Å². The maximum absolute atomic E-state index is 12.8. The molecule has 6 nitrogen and oxygen atoms in total. The van der Waals surface area contributed by atoms with E-state index in [1.165, 1.54) is 4.68 Å². The first-order valence-corrected chi connectivity index (χ1v) is 6.94. The molecule has 0 saturated heterocycles. The van der Waals surface area contributed by atoms with E-state index in [0.717, 1.165) is 0 Å². The number of anilines is 1. The molecule has 0 aliphatic heterocycles. The number of hydrogen-bond acceptors (Lipinski definition) is 3. The fourth-order valence-electron chi connectivity index (χ4n) is 2.11. The molecular formula is C13H16ClF2N5O. The molecule has 0 spiro atoms. The molecule has 2 aromatic rings. The van der Waals surface area contributed by atoms with Crippen molar-refractivity contribution in [2.75, 3.05) is 5.32 Å². The van der Waals surface area contributed by atoms with E-state index in [4.69, 9.17) is 11.6 Å². The standard InChI is InChI=1S/C13H16ClF2N5O/c1-6-9(5-20(4)18-6)17-13(22)8(3)21-7(2)10(14)11(19-21)12(15)16/h5,8,12H,1-4H3,(H,17,22)/t8-/m0/s1. The summed E-state index contributed by atoms with van der Waals surface area (Å²) in [5.41, 5.74) is 1.02. The fourth-order valence-corrected chi connectivity index (χ4v) is 2.31. The lowest BCUT2D eigenvalue weighted by atomic mass is 10.3. The van der Waals surface area contributed by atoms with Gasteiger partial charge in [-0.15, -0.1) is 0 Å². The van der Waals surface area contributed by atoms with Gasteiger partial charge in [-0.1, -0.05) is 11.6 Å². The number of aryl methyl sites for hydroxylation is 2. The molecule has 0 radical (unpaired) electrons. The quantitative estimate of drug-likeness (QED) is 0.936. The summed E-state index contributed by atoms with van der Waals surface area (Å²) < 4.78 is 28.4. The van der Waals surface area contributed by atoms with E-state index in [-0.39, 0.29) is 10.9 Å². The van der Waals surface area contributed by atoms with E-state index in [2.05, 4.69) is 15.5 Å². The molecule has 0 bridgehead atoms. The lowest BCUT2D eigenvalue weighted by molar-refractivity contribution is -0.119. The van der Waals surface area contributed by atoms with Crippen molar-refractivity contribution in [3.63, 3.8) is 0 Å². The normalized spacial score (nSPS) is 12.7. The Hall–Kier alpha value is -1.96. The fraction of sp³-hybridized carbons (Fsp3) is 0.462. The zero-order valence-corrected chi connectivity index (χ0v) is 13.3. The molecule has 2 aromatic heterocycles. The van der Waals surface area contributed by atoms with E-state index >= 15 is 0 Å². The molecule has 0 aliphatic rings. The van der Waals surface area contributed by atoms with Gasteiger partial charge in [-0.25, -0.2) is 8.78 Å². The van der Waals surface area contributed by atoms with Crippen LogP contribution in [0.4, 0.5) is 14.5 Å². The van der Waals surface area contributed by atoms with E-state index in [9.17, 15) is 13.6 Å². The van der Waals surface area contributed by atoms with Gasteiger partial charge in [0.2, 0.25) is 5.91 Å².